The molecule has 1 aliphatic rings. The summed E-state index contributed by atoms with van der Waals surface area (Å²) in [6.45, 7) is 1.53. The zero-order chi connectivity index (χ0) is 15.8. The van der Waals surface area contributed by atoms with Gasteiger partial charge in [-0.2, -0.15) is 0 Å². The summed E-state index contributed by atoms with van der Waals surface area (Å²) in [6, 6.07) is 0.0634. The van der Waals surface area contributed by atoms with Gasteiger partial charge in [-0.15, -0.1) is 0 Å². The van der Waals surface area contributed by atoms with E-state index in [9.17, 15) is 27.9 Å². The summed E-state index contributed by atoms with van der Waals surface area (Å²) in [5, 5.41) is 11.2. The molecule has 5 nitrogen and oxygen atoms in total. The minimum atomic E-state index is -1.44. The van der Waals surface area contributed by atoms with E-state index in [1.54, 1.807) is 0 Å². The van der Waals surface area contributed by atoms with Crippen LogP contribution < -0.4 is 5.32 Å². The summed E-state index contributed by atoms with van der Waals surface area (Å²) in [5.41, 5.74) is -2.09. The van der Waals surface area contributed by atoms with Crippen molar-refractivity contribution in [1.29, 1.82) is 0 Å². The number of likely N-dealkylation sites (tertiary alicyclic amines) is 1. The molecule has 1 unspecified atom stereocenters. The van der Waals surface area contributed by atoms with Crippen molar-refractivity contribution in [2.24, 2.45) is 0 Å². The largest absolute Gasteiger partial charge is 0.480 e. The van der Waals surface area contributed by atoms with Gasteiger partial charge in [0.25, 0.3) is 0 Å². The lowest BCUT2D eigenvalue weighted by Gasteiger charge is -2.31. The number of nitrogens with one attached hydrogen (secondary N) is 1. The molecule has 1 heterocycles. The third kappa shape index (κ3) is 2.65. The lowest BCUT2D eigenvalue weighted by atomic mass is 10.00. The maximum Gasteiger partial charge on any atom is 0.329 e. The Balaban J connectivity index is 2.25. The molecule has 0 aliphatic carbocycles. The Morgan fingerprint density at radius 1 is 1.33 bits per heavy atom. The average molecular weight is 302 g/mol. The fraction of sp³-hybridized carbons (Fsp3) is 0.385. The standard InChI is InChI=1S/C13H13F3N2O3/c1-13(11(19)20)3-2-4-18(13)12(21)17-9-6-7(14)5-8(15)10(9)16/h5-6H,2-4H2,1H3,(H,17,21)(H,19,20). The van der Waals surface area contributed by atoms with Crippen LogP contribution in [0.5, 0.6) is 0 Å². The van der Waals surface area contributed by atoms with Gasteiger partial charge >= 0.3 is 12.0 Å². The Morgan fingerprint density at radius 2 is 2.00 bits per heavy atom. The molecule has 114 valence electrons. The van der Waals surface area contributed by atoms with Gasteiger partial charge in [-0.3, -0.25) is 0 Å². The van der Waals surface area contributed by atoms with Crippen molar-refractivity contribution in [3.63, 3.8) is 0 Å². The summed E-state index contributed by atoms with van der Waals surface area (Å²) < 4.78 is 39.6. The summed E-state index contributed by atoms with van der Waals surface area (Å²) in [7, 11) is 0. The minimum Gasteiger partial charge on any atom is -0.480 e. The summed E-state index contributed by atoms with van der Waals surface area (Å²) in [4.78, 5) is 24.3. The molecule has 0 spiro atoms. The van der Waals surface area contributed by atoms with Crippen LogP contribution in [-0.4, -0.2) is 34.1 Å². The number of halogens is 3. The molecule has 8 heteroatoms. The number of hydrogen-bond donors (Lipinski definition) is 2. The van der Waals surface area contributed by atoms with Crippen LogP contribution in [0.15, 0.2) is 12.1 Å². The maximum absolute atomic E-state index is 13.5. The van der Waals surface area contributed by atoms with Gasteiger partial charge in [0.05, 0.1) is 5.69 Å². The van der Waals surface area contributed by atoms with E-state index in [0.717, 1.165) is 4.90 Å². The van der Waals surface area contributed by atoms with Crippen molar-refractivity contribution >= 4 is 17.7 Å². The highest BCUT2D eigenvalue weighted by molar-refractivity contribution is 5.94. The fourth-order valence-electron chi connectivity index (χ4n) is 2.34. The first kappa shape index (κ1) is 15.1. The van der Waals surface area contributed by atoms with E-state index in [1.807, 2.05) is 5.32 Å². The van der Waals surface area contributed by atoms with E-state index in [0.29, 0.717) is 18.6 Å². The van der Waals surface area contributed by atoms with Crippen LogP contribution in [0.25, 0.3) is 0 Å². The Morgan fingerprint density at radius 3 is 2.62 bits per heavy atom. The number of carbonyl (C=O) groups excluding carboxylic acids is 1. The molecule has 1 aromatic rings. The molecule has 1 fully saturated rings. The second-order valence-corrected chi connectivity index (χ2v) is 5.01. The highest BCUT2D eigenvalue weighted by atomic mass is 19.2. The number of aliphatic carboxylic acids is 1. The number of urea groups is 1. The molecule has 1 saturated heterocycles. The Kier molecular flexibility index (Phi) is 3.80. The topological polar surface area (TPSA) is 69.6 Å². The van der Waals surface area contributed by atoms with Gasteiger partial charge in [-0.1, -0.05) is 0 Å². The number of carboxylic acids is 1. The molecule has 0 aromatic heterocycles. The monoisotopic (exact) mass is 302 g/mol. The molecule has 1 aromatic carbocycles. The smallest absolute Gasteiger partial charge is 0.329 e. The highest BCUT2D eigenvalue weighted by Crippen LogP contribution is 2.30. The van der Waals surface area contributed by atoms with E-state index in [-0.39, 0.29) is 13.0 Å². The normalized spacial score (nSPS) is 21.4. The number of benzene rings is 1. The lowest BCUT2D eigenvalue weighted by Crippen LogP contribution is -2.52. The van der Waals surface area contributed by atoms with Crippen molar-refractivity contribution < 1.29 is 27.9 Å². The maximum atomic E-state index is 13.5. The van der Waals surface area contributed by atoms with Crippen LogP contribution in [0, 0.1) is 17.5 Å². The third-order valence-corrected chi connectivity index (χ3v) is 3.58. The van der Waals surface area contributed by atoms with Gasteiger partial charge in [-0.25, -0.2) is 22.8 Å². The predicted octanol–water partition coefficient (Wildman–Crippen LogP) is 2.57. The molecule has 21 heavy (non-hydrogen) atoms. The third-order valence-electron chi connectivity index (χ3n) is 3.58. The average Bonchev–Trinajstić information content (AvgIpc) is 2.79. The summed E-state index contributed by atoms with van der Waals surface area (Å²) in [6.07, 6.45) is 0.714. The molecule has 0 bridgehead atoms. The van der Waals surface area contributed by atoms with Crippen molar-refractivity contribution in [3.8, 4) is 0 Å². The molecule has 2 N–H and O–H groups in total. The molecule has 2 rings (SSSR count). The van der Waals surface area contributed by atoms with Crippen molar-refractivity contribution in [3.05, 3.63) is 29.6 Å². The zero-order valence-corrected chi connectivity index (χ0v) is 11.1. The van der Waals surface area contributed by atoms with Crippen molar-refractivity contribution in [1.82, 2.24) is 4.90 Å². The number of nitrogens with zero attached hydrogens (tertiary/aromatic N) is 1. The highest BCUT2D eigenvalue weighted by Gasteiger charge is 2.46. The van der Waals surface area contributed by atoms with Crippen LogP contribution in [0.3, 0.4) is 0 Å². The van der Waals surface area contributed by atoms with E-state index in [1.165, 1.54) is 6.92 Å². The first-order valence-corrected chi connectivity index (χ1v) is 6.22. The Bertz CT molecular complexity index is 609. The SMILES string of the molecule is CC1(C(=O)O)CCCN1C(=O)Nc1cc(F)cc(F)c1F. The summed E-state index contributed by atoms with van der Waals surface area (Å²) in [5.74, 6) is -5.08. The van der Waals surface area contributed by atoms with E-state index in [4.69, 9.17) is 0 Å². The predicted molar refractivity (Wildman–Crippen MR) is 67.3 cm³/mol. The second kappa shape index (κ2) is 5.27. The van der Waals surface area contributed by atoms with Crippen LogP contribution in [-0.2, 0) is 4.79 Å². The van der Waals surface area contributed by atoms with Crippen LogP contribution in [0.2, 0.25) is 0 Å². The number of anilines is 1. The number of hydrogen-bond acceptors (Lipinski definition) is 2. The first-order chi connectivity index (χ1) is 9.75. The second-order valence-electron chi connectivity index (χ2n) is 5.01. The first-order valence-electron chi connectivity index (χ1n) is 6.22. The minimum absolute atomic E-state index is 0.161. The van der Waals surface area contributed by atoms with Gasteiger partial charge in [0.2, 0.25) is 0 Å². The van der Waals surface area contributed by atoms with Gasteiger partial charge in [0.15, 0.2) is 11.6 Å². The lowest BCUT2D eigenvalue weighted by molar-refractivity contribution is -0.146. The molecular weight excluding hydrogens is 289 g/mol. The molecule has 2 amide bonds. The van der Waals surface area contributed by atoms with Gasteiger partial charge in [-0.05, 0) is 19.8 Å². The quantitative estimate of drug-likeness (QED) is 0.825. The van der Waals surface area contributed by atoms with E-state index < -0.39 is 40.7 Å². The van der Waals surface area contributed by atoms with Gasteiger partial charge < -0.3 is 15.3 Å². The van der Waals surface area contributed by atoms with Crippen LogP contribution in [0.1, 0.15) is 19.8 Å². The molecular formula is C13H13F3N2O3. The van der Waals surface area contributed by atoms with Crippen LogP contribution in [0.4, 0.5) is 23.7 Å². The number of amides is 2. The van der Waals surface area contributed by atoms with Crippen molar-refractivity contribution in [2.45, 2.75) is 25.3 Å². The number of carboxylic acid groups (broad SMARTS) is 1. The van der Waals surface area contributed by atoms with E-state index >= 15 is 0 Å². The summed E-state index contributed by atoms with van der Waals surface area (Å²) >= 11 is 0. The van der Waals surface area contributed by atoms with E-state index in [2.05, 4.69) is 0 Å². The Labute approximate surface area is 118 Å². The zero-order valence-electron chi connectivity index (χ0n) is 11.1. The molecule has 1 aliphatic heterocycles. The molecule has 1 atom stereocenters. The number of carbonyl (C=O) groups is 2. The van der Waals surface area contributed by atoms with Crippen molar-refractivity contribution in [2.75, 3.05) is 11.9 Å². The van der Waals surface area contributed by atoms with Gasteiger partial charge in [0, 0.05) is 18.7 Å². The fourth-order valence-corrected chi connectivity index (χ4v) is 2.34. The van der Waals surface area contributed by atoms with Crippen LogP contribution >= 0.6 is 0 Å². The molecule has 0 radical (unpaired) electrons. The Hall–Kier alpha value is -2.25. The van der Waals surface area contributed by atoms with Gasteiger partial charge in [0.1, 0.15) is 11.4 Å². The molecule has 0 saturated carbocycles. The number of rotatable bonds is 2.